The Kier molecular flexibility index (Phi) is 2.88. The van der Waals surface area contributed by atoms with Gasteiger partial charge in [0.1, 0.15) is 5.82 Å². The van der Waals surface area contributed by atoms with E-state index in [1.165, 1.54) is 6.07 Å². The third kappa shape index (κ3) is 1.90. The number of nitrogens with one attached hydrogen (secondary N) is 1. The molecule has 20 heavy (non-hydrogen) atoms. The van der Waals surface area contributed by atoms with Crippen LogP contribution in [0.15, 0.2) is 12.1 Å². The number of halogens is 1. The minimum Gasteiger partial charge on any atom is -0.363 e. The molecule has 6 nitrogen and oxygen atoms in total. The van der Waals surface area contributed by atoms with E-state index in [1.807, 2.05) is 6.07 Å². The first-order valence-corrected chi connectivity index (χ1v) is 6.05. The van der Waals surface area contributed by atoms with Crippen LogP contribution >= 0.6 is 0 Å². The molecule has 0 aliphatic carbocycles. The molecule has 0 saturated carbocycles. The van der Waals surface area contributed by atoms with Crippen molar-refractivity contribution in [1.29, 1.82) is 5.26 Å². The largest absolute Gasteiger partial charge is 0.363 e. The number of ketones is 1. The van der Waals surface area contributed by atoms with Crippen LogP contribution in [0.1, 0.15) is 10.4 Å². The van der Waals surface area contributed by atoms with Crippen molar-refractivity contribution in [2.75, 3.05) is 29.9 Å². The summed E-state index contributed by atoms with van der Waals surface area (Å²) in [7, 11) is 0. The number of Topliss-reactive ketones (excluding diaryl/α,β-unsaturated/α-hetero) is 1. The molecule has 1 fully saturated rings. The topological polar surface area (TPSA) is 82.4 Å². The van der Waals surface area contributed by atoms with Gasteiger partial charge in [-0.3, -0.25) is 9.59 Å². The molecule has 3 rings (SSSR count). The SMILES string of the molecule is N#CC1CN(c2cc3c(cc2F)C(=O)C(=O)N3)CCO1. The summed E-state index contributed by atoms with van der Waals surface area (Å²) in [6.45, 7) is 1.00. The van der Waals surface area contributed by atoms with Crippen molar-refractivity contribution in [2.24, 2.45) is 0 Å². The van der Waals surface area contributed by atoms with Crippen LogP contribution < -0.4 is 10.2 Å². The van der Waals surface area contributed by atoms with Gasteiger partial charge < -0.3 is 15.0 Å². The highest BCUT2D eigenvalue weighted by atomic mass is 19.1. The van der Waals surface area contributed by atoms with E-state index in [2.05, 4.69) is 5.32 Å². The normalized spacial score (nSPS) is 21.4. The lowest BCUT2D eigenvalue weighted by atomic mass is 10.1. The van der Waals surface area contributed by atoms with Gasteiger partial charge in [0.2, 0.25) is 0 Å². The van der Waals surface area contributed by atoms with Gasteiger partial charge in [-0.2, -0.15) is 5.26 Å². The number of carbonyl (C=O) groups excluding carboxylic acids is 2. The Morgan fingerprint density at radius 2 is 2.25 bits per heavy atom. The summed E-state index contributed by atoms with van der Waals surface area (Å²) in [5.41, 5.74) is 0.597. The fraction of sp³-hybridized carbons (Fsp3) is 0.308. The summed E-state index contributed by atoms with van der Waals surface area (Å²) in [6, 6.07) is 4.46. The third-order valence-electron chi connectivity index (χ3n) is 3.34. The number of hydrogen-bond donors (Lipinski definition) is 1. The molecule has 0 radical (unpaired) electrons. The van der Waals surface area contributed by atoms with Gasteiger partial charge in [-0.15, -0.1) is 0 Å². The van der Waals surface area contributed by atoms with Crippen molar-refractivity contribution in [3.05, 3.63) is 23.5 Å². The molecule has 102 valence electrons. The second kappa shape index (κ2) is 4.58. The van der Waals surface area contributed by atoms with Crippen LogP contribution in [-0.4, -0.2) is 37.5 Å². The van der Waals surface area contributed by atoms with Crippen LogP contribution in [0.4, 0.5) is 15.8 Å². The van der Waals surface area contributed by atoms with E-state index in [0.29, 0.717) is 18.8 Å². The average molecular weight is 275 g/mol. The van der Waals surface area contributed by atoms with Crippen molar-refractivity contribution in [2.45, 2.75) is 6.10 Å². The van der Waals surface area contributed by atoms with Gasteiger partial charge in [0.05, 0.1) is 36.2 Å². The first-order valence-electron chi connectivity index (χ1n) is 6.05. The molecular formula is C13H10FN3O3. The molecule has 0 aromatic heterocycles. The summed E-state index contributed by atoms with van der Waals surface area (Å²) in [4.78, 5) is 24.4. The van der Waals surface area contributed by atoms with Gasteiger partial charge in [0, 0.05) is 6.54 Å². The second-order valence-electron chi connectivity index (χ2n) is 4.57. The molecule has 2 aliphatic rings. The third-order valence-corrected chi connectivity index (χ3v) is 3.34. The van der Waals surface area contributed by atoms with Crippen molar-refractivity contribution in [3.63, 3.8) is 0 Å². The van der Waals surface area contributed by atoms with Crippen molar-refractivity contribution in [3.8, 4) is 6.07 Å². The number of rotatable bonds is 1. The molecule has 7 heteroatoms. The van der Waals surface area contributed by atoms with Crippen LogP contribution in [0, 0.1) is 17.1 Å². The second-order valence-corrected chi connectivity index (χ2v) is 4.57. The molecule has 1 unspecified atom stereocenters. The van der Waals surface area contributed by atoms with Crippen LogP contribution in [0.3, 0.4) is 0 Å². The fourth-order valence-electron chi connectivity index (χ4n) is 2.34. The number of benzene rings is 1. The molecule has 2 heterocycles. The van der Waals surface area contributed by atoms with E-state index in [9.17, 15) is 14.0 Å². The Balaban J connectivity index is 1.96. The summed E-state index contributed by atoms with van der Waals surface area (Å²) in [5.74, 6) is -2.08. The highest BCUT2D eigenvalue weighted by molar-refractivity contribution is 6.51. The highest BCUT2D eigenvalue weighted by Crippen LogP contribution is 2.31. The predicted octanol–water partition coefficient (Wildman–Crippen LogP) is 0.689. The van der Waals surface area contributed by atoms with Crippen molar-refractivity contribution in [1.82, 2.24) is 0 Å². The van der Waals surface area contributed by atoms with Crippen LogP contribution in [-0.2, 0) is 9.53 Å². The van der Waals surface area contributed by atoms with Gasteiger partial charge in [-0.25, -0.2) is 4.39 Å². The minimum atomic E-state index is -0.756. The van der Waals surface area contributed by atoms with E-state index in [-0.39, 0.29) is 17.8 Å². The molecule has 0 spiro atoms. The Hall–Kier alpha value is -2.46. The Labute approximate surface area is 113 Å². The van der Waals surface area contributed by atoms with Crippen LogP contribution in [0.2, 0.25) is 0 Å². The van der Waals surface area contributed by atoms with Gasteiger partial charge in [-0.1, -0.05) is 0 Å². The first-order chi connectivity index (χ1) is 9.60. The zero-order valence-electron chi connectivity index (χ0n) is 10.4. The number of nitriles is 1. The lowest BCUT2D eigenvalue weighted by Crippen LogP contribution is -2.42. The number of fused-ring (bicyclic) bond motifs is 1. The highest BCUT2D eigenvalue weighted by Gasteiger charge is 2.31. The summed E-state index contributed by atoms with van der Waals surface area (Å²) >= 11 is 0. The molecule has 1 aromatic rings. The lowest BCUT2D eigenvalue weighted by molar-refractivity contribution is -0.112. The average Bonchev–Trinajstić information content (AvgIpc) is 2.73. The Morgan fingerprint density at radius 1 is 1.45 bits per heavy atom. The maximum Gasteiger partial charge on any atom is 0.296 e. The Morgan fingerprint density at radius 3 is 3.00 bits per heavy atom. The summed E-state index contributed by atoms with van der Waals surface area (Å²) in [6.07, 6.45) is -0.618. The van der Waals surface area contributed by atoms with Gasteiger partial charge in [0.25, 0.3) is 11.7 Å². The number of nitrogens with zero attached hydrogens (tertiary/aromatic N) is 2. The number of hydrogen-bond acceptors (Lipinski definition) is 5. The monoisotopic (exact) mass is 275 g/mol. The number of amides is 1. The maximum atomic E-state index is 14.1. The first kappa shape index (κ1) is 12.6. The van der Waals surface area contributed by atoms with E-state index < -0.39 is 23.6 Å². The minimum absolute atomic E-state index is 0.0429. The van der Waals surface area contributed by atoms with Gasteiger partial charge in [0.15, 0.2) is 6.10 Å². The molecule has 0 bridgehead atoms. The predicted molar refractivity (Wildman–Crippen MR) is 66.9 cm³/mol. The zero-order chi connectivity index (χ0) is 14.3. The number of morpholine rings is 1. The van der Waals surface area contributed by atoms with Crippen molar-refractivity contribution < 1.29 is 18.7 Å². The molecule has 1 amide bonds. The summed E-state index contributed by atoms with van der Waals surface area (Å²) < 4.78 is 19.3. The fourth-order valence-corrected chi connectivity index (χ4v) is 2.34. The number of ether oxygens (including phenoxy) is 1. The van der Waals surface area contributed by atoms with Crippen LogP contribution in [0.25, 0.3) is 0 Å². The van der Waals surface area contributed by atoms with E-state index >= 15 is 0 Å². The maximum absolute atomic E-state index is 14.1. The molecule has 1 aromatic carbocycles. The van der Waals surface area contributed by atoms with E-state index in [4.69, 9.17) is 10.00 Å². The van der Waals surface area contributed by atoms with Crippen molar-refractivity contribution >= 4 is 23.1 Å². The number of anilines is 2. The zero-order valence-corrected chi connectivity index (χ0v) is 10.4. The van der Waals surface area contributed by atoms with E-state index in [1.54, 1.807) is 4.90 Å². The standard InChI is InChI=1S/C13H10FN3O3/c14-9-3-8-10(16-13(19)12(8)18)4-11(9)17-1-2-20-7(5-15)6-17/h3-4,7H,1-2,6H2,(H,16,18,19). The molecule has 1 N–H and O–H groups in total. The molecule has 1 atom stereocenters. The lowest BCUT2D eigenvalue weighted by Gasteiger charge is -2.32. The van der Waals surface area contributed by atoms with Gasteiger partial charge in [-0.05, 0) is 12.1 Å². The smallest absolute Gasteiger partial charge is 0.296 e. The summed E-state index contributed by atoms with van der Waals surface area (Å²) in [5, 5.41) is 11.3. The molecule has 2 aliphatic heterocycles. The Bertz CT molecular complexity index is 653. The number of carbonyl (C=O) groups is 2. The van der Waals surface area contributed by atoms with Gasteiger partial charge >= 0.3 is 0 Å². The molecule has 1 saturated heterocycles. The molecular weight excluding hydrogens is 265 g/mol. The van der Waals surface area contributed by atoms with E-state index in [0.717, 1.165) is 6.07 Å². The van der Waals surface area contributed by atoms with Crippen LogP contribution in [0.5, 0.6) is 0 Å². The quantitative estimate of drug-likeness (QED) is 0.762.